The summed E-state index contributed by atoms with van der Waals surface area (Å²) in [5.74, 6) is -0.596. The first-order valence-electron chi connectivity index (χ1n) is 10.3. The molecule has 2 unspecified atom stereocenters. The molecule has 160 valence electrons. The molecule has 0 radical (unpaired) electrons. The van der Waals surface area contributed by atoms with E-state index in [-0.39, 0.29) is 23.1 Å². The number of esters is 1. The fraction of sp³-hybridized carbons (Fsp3) is 0.400. The Bertz CT molecular complexity index is 870. The van der Waals surface area contributed by atoms with Gasteiger partial charge in [-0.1, -0.05) is 59.7 Å². The van der Waals surface area contributed by atoms with Gasteiger partial charge in [0.05, 0.1) is 14.1 Å². The lowest BCUT2D eigenvalue weighted by molar-refractivity contribution is -0.926. The first-order chi connectivity index (χ1) is 13.7. The highest BCUT2D eigenvalue weighted by atomic mass is 79.9. The summed E-state index contributed by atoms with van der Waals surface area (Å²) in [6.45, 7) is 3.97. The van der Waals surface area contributed by atoms with E-state index >= 15 is 0 Å². The number of likely N-dealkylation sites (N-methyl/N-ethyl adjacent to an activating group) is 1. The van der Waals surface area contributed by atoms with E-state index in [0.29, 0.717) is 23.2 Å². The number of ether oxygens (including phenoxy) is 1. The van der Waals surface area contributed by atoms with Gasteiger partial charge in [0.25, 0.3) is 0 Å². The van der Waals surface area contributed by atoms with Crippen molar-refractivity contribution in [3.8, 4) is 0 Å². The number of carbonyl (C=O) groups excluding carboxylic acids is 1. The lowest BCUT2D eigenvalue weighted by Gasteiger charge is -2.44. The Morgan fingerprint density at radius 1 is 0.900 bits per heavy atom. The van der Waals surface area contributed by atoms with Crippen LogP contribution in [-0.4, -0.2) is 47.8 Å². The number of benzene rings is 2. The van der Waals surface area contributed by atoms with Gasteiger partial charge in [-0.25, -0.2) is 4.79 Å². The Morgan fingerprint density at radius 2 is 1.30 bits per heavy atom. The third kappa shape index (κ3) is 3.86. The first kappa shape index (κ1) is 22.7. The molecular weight excluding hydrogens is 442 g/mol. The maximum atomic E-state index is 13.4. The van der Waals surface area contributed by atoms with Gasteiger partial charge < -0.3 is 31.3 Å². The van der Waals surface area contributed by atoms with Crippen molar-refractivity contribution in [2.45, 2.75) is 50.5 Å². The molecule has 4 rings (SSSR count). The predicted molar refractivity (Wildman–Crippen MR) is 113 cm³/mol. The van der Waals surface area contributed by atoms with E-state index < -0.39 is 11.6 Å². The first-order valence-corrected chi connectivity index (χ1v) is 10.3. The van der Waals surface area contributed by atoms with E-state index in [4.69, 9.17) is 4.74 Å². The number of nitrogens with zero attached hydrogens (tertiary/aromatic N) is 1. The summed E-state index contributed by atoms with van der Waals surface area (Å²) in [6, 6.07) is 15.6. The van der Waals surface area contributed by atoms with Crippen LogP contribution in [0.1, 0.15) is 35.1 Å². The molecule has 0 amide bonds. The SMILES string of the molecule is Cc1ccc(C(O)(C(=O)OC2CC3C=C[C@H](C2)[N+]3(C)C)c2ccc(C)cc2)cc1.[Br-]. The molecule has 2 aliphatic heterocycles. The summed E-state index contributed by atoms with van der Waals surface area (Å²) in [7, 11) is 4.45. The highest BCUT2D eigenvalue weighted by molar-refractivity contribution is 5.85. The third-order valence-corrected chi connectivity index (χ3v) is 6.78. The second-order valence-corrected chi connectivity index (χ2v) is 9.09. The Hall–Kier alpha value is -1.95. The number of piperidine rings is 1. The van der Waals surface area contributed by atoms with E-state index in [1.807, 2.05) is 62.4 Å². The highest BCUT2D eigenvalue weighted by Gasteiger charge is 2.49. The van der Waals surface area contributed by atoms with Gasteiger partial charge in [0.2, 0.25) is 5.60 Å². The van der Waals surface area contributed by atoms with Crippen LogP contribution in [0.3, 0.4) is 0 Å². The monoisotopic (exact) mass is 471 g/mol. The van der Waals surface area contributed by atoms with Gasteiger partial charge in [-0.2, -0.15) is 0 Å². The average Bonchev–Trinajstić information content (AvgIpc) is 2.85. The van der Waals surface area contributed by atoms with Gasteiger partial charge in [0, 0.05) is 12.8 Å². The Balaban J connectivity index is 0.00000256. The topological polar surface area (TPSA) is 46.5 Å². The van der Waals surface area contributed by atoms with Crippen LogP contribution in [0.2, 0.25) is 0 Å². The largest absolute Gasteiger partial charge is 1.00 e. The summed E-state index contributed by atoms with van der Waals surface area (Å²) in [4.78, 5) is 13.4. The maximum absolute atomic E-state index is 13.4. The van der Waals surface area contributed by atoms with Crippen molar-refractivity contribution < 1.29 is 36.1 Å². The summed E-state index contributed by atoms with van der Waals surface area (Å²) in [6.07, 6.45) is 5.85. The summed E-state index contributed by atoms with van der Waals surface area (Å²) < 4.78 is 6.87. The normalized spacial score (nSPS) is 24.2. The summed E-state index contributed by atoms with van der Waals surface area (Å²) in [5, 5.41) is 11.7. The molecular formula is C25H30BrNO3. The molecule has 30 heavy (non-hydrogen) atoms. The van der Waals surface area contributed by atoms with Gasteiger partial charge in [-0.05, 0) is 37.1 Å². The molecule has 2 aromatic rings. The molecule has 0 spiro atoms. The van der Waals surface area contributed by atoms with Crippen molar-refractivity contribution in [1.82, 2.24) is 0 Å². The van der Waals surface area contributed by atoms with Crippen LogP contribution in [0, 0.1) is 13.8 Å². The van der Waals surface area contributed by atoms with Gasteiger partial charge in [0.15, 0.2) is 0 Å². The molecule has 1 saturated heterocycles. The van der Waals surface area contributed by atoms with E-state index in [0.717, 1.165) is 28.5 Å². The Labute approximate surface area is 189 Å². The van der Waals surface area contributed by atoms with Gasteiger partial charge in [-0.3, -0.25) is 0 Å². The Kier molecular flexibility index (Phi) is 6.28. The molecule has 2 bridgehead atoms. The molecule has 5 heteroatoms. The molecule has 0 aliphatic carbocycles. The quantitative estimate of drug-likeness (QED) is 0.404. The molecule has 2 heterocycles. The second-order valence-electron chi connectivity index (χ2n) is 9.09. The summed E-state index contributed by atoms with van der Waals surface area (Å²) in [5.41, 5.74) is 1.39. The number of hydrogen-bond donors (Lipinski definition) is 1. The fourth-order valence-electron chi connectivity index (χ4n) is 4.61. The van der Waals surface area contributed by atoms with E-state index in [9.17, 15) is 9.90 Å². The summed E-state index contributed by atoms with van der Waals surface area (Å²) >= 11 is 0. The minimum Gasteiger partial charge on any atom is -1.00 e. The van der Waals surface area contributed by atoms with Crippen molar-refractivity contribution in [3.63, 3.8) is 0 Å². The zero-order valence-corrected chi connectivity index (χ0v) is 19.6. The zero-order valence-electron chi connectivity index (χ0n) is 18.0. The number of aryl methyl sites for hydroxylation is 2. The van der Waals surface area contributed by atoms with Crippen molar-refractivity contribution in [1.29, 1.82) is 0 Å². The molecule has 2 aromatic carbocycles. The molecule has 0 aromatic heterocycles. The lowest BCUT2D eigenvalue weighted by atomic mass is 9.85. The Morgan fingerprint density at radius 3 is 1.70 bits per heavy atom. The second kappa shape index (κ2) is 8.29. The highest BCUT2D eigenvalue weighted by Crippen LogP contribution is 2.38. The van der Waals surface area contributed by atoms with Crippen molar-refractivity contribution in [3.05, 3.63) is 82.9 Å². The van der Waals surface area contributed by atoms with Crippen LogP contribution in [0.5, 0.6) is 0 Å². The molecule has 3 atom stereocenters. The van der Waals surface area contributed by atoms with Crippen LogP contribution >= 0.6 is 0 Å². The smallest absolute Gasteiger partial charge is 0.347 e. The standard InChI is InChI=1S/C25H30NO3.BrH/c1-17-5-9-19(10-6-17)25(28,20-11-7-18(2)8-12-20)24(27)29-23-15-21-13-14-22(16-23)26(21,3)4;/h5-14,21-23,28H,15-16H2,1-4H3;1H/q+1;/p-1/t21-,22?,23?;/m1./s1. The molecule has 2 aliphatic rings. The molecule has 1 fully saturated rings. The van der Waals surface area contributed by atoms with E-state index in [1.165, 1.54) is 0 Å². The maximum Gasteiger partial charge on any atom is 0.347 e. The van der Waals surface area contributed by atoms with Crippen LogP contribution in [0.15, 0.2) is 60.7 Å². The number of rotatable bonds is 4. The van der Waals surface area contributed by atoms with Gasteiger partial charge in [0.1, 0.15) is 18.2 Å². The van der Waals surface area contributed by atoms with Gasteiger partial charge in [-0.15, -0.1) is 0 Å². The van der Waals surface area contributed by atoms with Gasteiger partial charge >= 0.3 is 5.97 Å². The molecule has 1 N–H and O–H groups in total. The predicted octanol–water partition coefficient (Wildman–Crippen LogP) is 0.632. The van der Waals surface area contributed by atoms with Crippen LogP contribution in [-0.2, 0) is 15.1 Å². The number of carbonyl (C=O) groups is 1. The molecule has 4 nitrogen and oxygen atoms in total. The average molecular weight is 472 g/mol. The van der Waals surface area contributed by atoms with Crippen LogP contribution in [0.25, 0.3) is 0 Å². The number of halogens is 1. The lowest BCUT2D eigenvalue weighted by Crippen LogP contribution is -3.00. The number of hydrogen-bond acceptors (Lipinski definition) is 3. The van der Waals surface area contributed by atoms with E-state index in [1.54, 1.807) is 0 Å². The van der Waals surface area contributed by atoms with E-state index in [2.05, 4.69) is 26.2 Å². The van der Waals surface area contributed by atoms with Crippen molar-refractivity contribution in [2.24, 2.45) is 0 Å². The number of quaternary nitrogens is 1. The van der Waals surface area contributed by atoms with Crippen LogP contribution < -0.4 is 17.0 Å². The number of aliphatic hydroxyl groups is 1. The number of fused-ring (bicyclic) bond motifs is 2. The fourth-order valence-corrected chi connectivity index (χ4v) is 4.61. The third-order valence-electron chi connectivity index (χ3n) is 6.78. The molecule has 0 saturated carbocycles. The zero-order chi connectivity index (χ0) is 20.8. The van der Waals surface area contributed by atoms with Crippen molar-refractivity contribution in [2.75, 3.05) is 14.1 Å². The van der Waals surface area contributed by atoms with Crippen molar-refractivity contribution >= 4 is 5.97 Å². The van der Waals surface area contributed by atoms with Crippen LogP contribution in [0.4, 0.5) is 0 Å². The minimum atomic E-state index is -1.82. The minimum absolute atomic E-state index is 0.